The summed E-state index contributed by atoms with van der Waals surface area (Å²) in [7, 11) is 0. The van der Waals surface area contributed by atoms with E-state index in [9.17, 15) is 14.4 Å². The Labute approximate surface area is 163 Å². The third kappa shape index (κ3) is 3.29. The van der Waals surface area contributed by atoms with Gasteiger partial charge in [0.2, 0.25) is 0 Å². The first kappa shape index (κ1) is 18.3. The zero-order chi connectivity index (χ0) is 19.5. The second-order valence-electron chi connectivity index (χ2n) is 6.90. The first-order valence-electron chi connectivity index (χ1n) is 9.46. The molecule has 0 spiro atoms. The Kier molecular flexibility index (Phi) is 5.17. The molecule has 1 amide bonds. The van der Waals surface area contributed by atoms with Crippen LogP contribution in [0.4, 0.5) is 5.69 Å². The van der Waals surface area contributed by atoms with Crippen LogP contribution in [0.25, 0.3) is 5.57 Å². The van der Waals surface area contributed by atoms with Crippen LogP contribution in [0.3, 0.4) is 0 Å². The molecule has 0 bridgehead atoms. The summed E-state index contributed by atoms with van der Waals surface area (Å²) in [4.78, 5) is 37.0. The highest BCUT2D eigenvalue weighted by atomic mass is 16.2. The highest BCUT2D eigenvalue weighted by molar-refractivity contribution is 6.38. The van der Waals surface area contributed by atoms with Gasteiger partial charge < -0.3 is 5.32 Å². The number of piperazine rings is 1. The number of carbonyl (C=O) groups is 2. The Morgan fingerprint density at radius 3 is 2.50 bits per heavy atom. The maximum Gasteiger partial charge on any atom is 0.284 e. The zero-order valence-electron chi connectivity index (χ0n) is 15.5. The standard InChI is InChI=1S/C22H21N3O3/c26-15-18-21-17(9-10-20(27)16-5-2-1-3-6-16)7-4-8-19(21)25(22(18)28)24-13-11-23-12-14-24/h1-8,23H,9-14H2. The lowest BCUT2D eigenvalue weighted by Gasteiger charge is -2.35. The number of carbonyl (C=O) groups excluding carboxylic acids is 3. The molecule has 0 aliphatic carbocycles. The molecule has 142 valence electrons. The summed E-state index contributed by atoms with van der Waals surface area (Å²) in [6, 6.07) is 14.7. The minimum Gasteiger partial charge on any atom is -0.314 e. The van der Waals surface area contributed by atoms with Crippen LogP contribution in [0.1, 0.15) is 27.9 Å². The van der Waals surface area contributed by atoms with Gasteiger partial charge in [-0.2, -0.15) is 0 Å². The molecule has 1 saturated heterocycles. The summed E-state index contributed by atoms with van der Waals surface area (Å²) in [5.74, 6) is 1.55. The van der Waals surface area contributed by atoms with Gasteiger partial charge >= 0.3 is 0 Å². The van der Waals surface area contributed by atoms with Gasteiger partial charge in [-0.05, 0) is 18.1 Å². The summed E-state index contributed by atoms with van der Waals surface area (Å²) in [5, 5.41) is 6.82. The first-order chi connectivity index (χ1) is 13.7. The maximum atomic E-state index is 12.9. The van der Waals surface area contributed by atoms with Gasteiger partial charge in [0.25, 0.3) is 5.91 Å². The third-order valence-electron chi connectivity index (χ3n) is 5.21. The van der Waals surface area contributed by atoms with Gasteiger partial charge in [-0.25, -0.2) is 14.8 Å². The summed E-state index contributed by atoms with van der Waals surface area (Å²) in [5.41, 5.74) is 2.86. The van der Waals surface area contributed by atoms with E-state index in [1.54, 1.807) is 17.1 Å². The van der Waals surface area contributed by atoms with Crippen LogP contribution >= 0.6 is 0 Å². The summed E-state index contributed by atoms with van der Waals surface area (Å²) >= 11 is 0. The first-order valence-corrected chi connectivity index (χ1v) is 9.46. The van der Waals surface area contributed by atoms with Crippen molar-refractivity contribution in [1.29, 1.82) is 0 Å². The van der Waals surface area contributed by atoms with Crippen LogP contribution < -0.4 is 10.3 Å². The molecule has 2 aliphatic heterocycles. The van der Waals surface area contributed by atoms with Crippen molar-refractivity contribution in [1.82, 2.24) is 10.3 Å². The van der Waals surface area contributed by atoms with Gasteiger partial charge in [0.1, 0.15) is 11.5 Å². The number of ketones is 1. The molecular formula is C22H21N3O3. The van der Waals surface area contributed by atoms with Crippen molar-refractivity contribution in [2.24, 2.45) is 0 Å². The summed E-state index contributed by atoms with van der Waals surface area (Å²) < 4.78 is 0. The van der Waals surface area contributed by atoms with Crippen LogP contribution in [0.15, 0.2) is 48.5 Å². The second kappa shape index (κ2) is 7.90. The summed E-state index contributed by atoms with van der Waals surface area (Å²) in [6.45, 7) is 2.94. The number of rotatable bonds is 5. The predicted octanol–water partition coefficient (Wildman–Crippen LogP) is 1.88. The van der Waals surface area contributed by atoms with Crippen LogP contribution in [0.2, 0.25) is 0 Å². The number of hydrogen-bond donors (Lipinski definition) is 1. The average Bonchev–Trinajstić information content (AvgIpc) is 3.04. The molecule has 2 aromatic rings. The Morgan fingerprint density at radius 1 is 1.04 bits per heavy atom. The molecule has 1 fully saturated rings. The Morgan fingerprint density at radius 2 is 1.79 bits per heavy atom. The Bertz CT molecular complexity index is 958. The topological polar surface area (TPSA) is 69.7 Å². The average molecular weight is 375 g/mol. The third-order valence-corrected chi connectivity index (χ3v) is 5.21. The van der Waals surface area contributed by atoms with E-state index in [1.165, 1.54) is 0 Å². The fourth-order valence-corrected chi connectivity index (χ4v) is 3.83. The minimum atomic E-state index is -0.339. The number of anilines is 1. The number of hydrogen-bond acceptors (Lipinski definition) is 5. The number of benzene rings is 2. The normalized spacial score (nSPS) is 16.8. The monoisotopic (exact) mass is 375 g/mol. The largest absolute Gasteiger partial charge is 0.314 e. The van der Waals surface area contributed by atoms with Gasteiger partial charge in [0, 0.05) is 43.7 Å². The number of nitrogens with one attached hydrogen (secondary N) is 1. The van der Waals surface area contributed by atoms with Crippen molar-refractivity contribution < 1.29 is 14.4 Å². The minimum absolute atomic E-state index is 0.0399. The lowest BCUT2D eigenvalue weighted by atomic mass is 9.96. The van der Waals surface area contributed by atoms with E-state index in [1.807, 2.05) is 47.3 Å². The highest BCUT2D eigenvalue weighted by Gasteiger charge is 2.39. The van der Waals surface area contributed by atoms with Gasteiger partial charge in [-0.3, -0.25) is 9.59 Å². The van der Waals surface area contributed by atoms with Crippen molar-refractivity contribution in [3.8, 4) is 0 Å². The number of amides is 1. The van der Waals surface area contributed by atoms with Gasteiger partial charge in [-0.15, -0.1) is 0 Å². The number of Topliss-reactive ketones (excluding diaryl/α,β-unsaturated/α-hetero) is 1. The molecule has 0 aromatic heterocycles. The van der Waals surface area contributed by atoms with E-state index in [0.29, 0.717) is 42.7 Å². The van der Waals surface area contributed by atoms with Crippen LogP contribution in [-0.2, 0) is 16.0 Å². The Balaban J connectivity index is 1.63. The molecule has 0 saturated carbocycles. The lowest BCUT2D eigenvalue weighted by molar-refractivity contribution is -0.115. The fraction of sp³-hybridized carbons (Fsp3) is 0.273. The van der Waals surface area contributed by atoms with E-state index in [0.717, 1.165) is 18.7 Å². The second-order valence-corrected chi connectivity index (χ2v) is 6.90. The molecule has 0 unspecified atom stereocenters. The van der Waals surface area contributed by atoms with Gasteiger partial charge in [-0.1, -0.05) is 42.5 Å². The number of hydrazine groups is 1. The molecule has 0 atom stereocenters. The van der Waals surface area contributed by atoms with Crippen molar-refractivity contribution in [2.75, 3.05) is 31.2 Å². The molecular weight excluding hydrogens is 354 g/mol. The Hall–Kier alpha value is -3.05. The molecule has 0 radical (unpaired) electrons. The van der Waals surface area contributed by atoms with Gasteiger partial charge in [0.15, 0.2) is 5.78 Å². The number of nitrogens with zero attached hydrogens (tertiary/aromatic N) is 2. The maximum absolute atomic E-state index is 12.9. The van der Waals surface area contributed by atoms with E-state index in [-0.39, 0.29) is 17.3 Å². The SMILES string of the molecule is O=C=C1C(=O)N(N2CCNCC2)c2cccc(CCC(=O)c3ccccc3)c21. The predicted molar refractivity (Wildman–Crippen MR) is 107 cm³/mol. The quantitative estimate of drug-likeness (QED) is 0.491. The van der Waals surface area contributed by atoms with Crippen LogP contribution in [0.5, 0.6) is 0 Å². The number of fused-ring (bicyclic) bond motifs is 1. The van der Waals surface area contributed by atoms with Crippen molar-refractivity contribution in [3.05, 3.63) is 65.2 Å². The van der Waals surface area contributed by atoms with Crippen molar-refractivity contribution in [2.45, 2.75) is 12.8 Å². The van der Waals surface area contributed by atoms with Crippen molar-refractivity contribution >= 4 is 28.9 Å². The van der Waals surface area contributed by atoms with Crippen molar-refractivity contribution in [3.63, 3.8) is 0 Å². The molecule has 28 heavy (non-hydrogen) atoms. The summed E-state index contributed by atoms with van der Waals surface area (Å²) in [6.07, 6.45) is 0.777. The van der Waals surface area contributed by atoms with E-state index in [2.05, 4.69) is 5.32 Å². The van der Waals surface area contributed by atoms with Crippen LogP contribution in [0, 0.1) is 0 Å². The van der Waals surface area contributed by atoms with E-state index < -0.39 is 0 Å². The highest BCUT2D eigenvalue weighted by Crippen LogP contribution is 2.39. The lowest BCUT2D eigenvalue weighted by Crippen LogP contribution is -2.53. The smallest absolute Gasteiger partial charge is 0.284 e. The molecule has 4 rings (SSSR count). The molecule has 2 aromatic carbocycles. The van der Waals surface area contributed by atoms with E-state index in [4.69, 9.17) is 0 Å². The van der Waals surface area contributed by atoms with Gasteiger partial charge in [0.05, 0.1) is 5.69 Å². The zero-order valence-corrected chi connectivity index (χ0v) is 15.5. The van der Waals surface area contributed by atoms with Crippen LogP contribution in [-0.4, -0.2) is 48.8 Å². The molecule has 6 heteroatoms. The molecule has 2 heterocycles. The molecule has 2 aliphatic rings. The molecule has 1 N–H and O–H groups in total. The molecule has 6 nitrogen and oxygen atoms in total. The fourth-order valence-electron chi connectivity index (χ4n) is 3.83. The number of aryl methyl sites for hydroxylation is 1. The van der Waals surface area contributed by atoms with E-state index >= 15 is 0 Å².